The zero-order valence-electron chi connectivity index (χ0n) is 11.3. The highest BCUT2D eigenvalue weighted by atomic mass is 16.5. The molecule has 0 fully saturated rings. The Morgan fingerprint density at radius 3 is 2.75 bits per heavy atom. The molecule has 6 nitrogen and oxygen atoms in total. The van der Waals surface area contributed by atoms with Gasteiger partial charge in [-0.2, -0.15) is 0 Å². The molecule has 0 saturated heterocycles. The third-order valence-corrected chi connectivity index (χ3v) is 3.09. The van der Waals surface area contributed by atoms with Gasteiger partial charge in [0.25, 0.3) is 5.91 Å². The molecule has 0 aliphatic carbocycles. The minimum Gasteiger partial charge on any atom is -0.481 e. The van der Waals surface area contributed by atoms with Gasteiger partial charge in [0.1, 0.15) is 12.0 Å². The van der Waals surface area contributed by atoms with Gasteiger partial charge in [-0.25, -0.2) is 0 Å². The molecule has 1 aliphatic rings. The van der Waals surface area contributed by atoms with Crippen molar-refractivity contribution < 1.29 is 24.2 Å². The number of carboxylic acid groups (broad SMARTS) is 1. The van der Waals surface area contributed by atoms with Crippen LogP contribution in [0.25, 0.3) is 0 Å². The van der Waals surface area contributed by atoms with E-state index in [2.05, 4.69) is 0 Å². The fraction of sp³-hybridized carbons (Fsp3) is 0.357. The first-order valence-electron chi connectivity index (χ1n) is 6.17. The van der Waals surface area contributed by atoms with Gasteiger partial charge in [0.15, 0.2) is 5.60 Å². The number of hydrogen-bond acceptors (Lipinski definition) is 4. The Morgan fingerprint density at radius 2 is 2.15 bits per heavy atom. The summed E-state index contributed by atoms with van der Waals surface area (Å²) in [5.74, 6) is -0.872. The van der Waals surface area contributed by atoms with Crippen LogP contribution in [0.4, 0.5) is 5.69 Å². The minimum atomic E-state index is -1.09. The lowest BCUT2D eigenvalue weighted by molar-refractivity contribution is -0.137. The van der Waals surface area contributed by atoms with E-state index < -0.39 is 11.6 Å². The normalized spacial score (nSPS) is 16.3. The number of carbonyl (C=O) groups is 3. The second-order valence-corrected chi connectivity index (χ2v) is 5.06. The summed E-state index contributed by atoms with van der Waals surface area (Å²) in [6, 6.07) is 4.70. The molecule has 0 radical (unpaired) electrons. The third kappa shape index (κ3) is 2.49. The van der Waals surface area contributed by atoms with Crippen LogP contribution in [0, 0.1) is 0 Å². The van der Waals surface area contributed by atoms with Gasteiger partial charge in [-0.15, -0.1) is 0 Å². The molecule has 0 unspecified atom stereocenters. The van der Waals surface area contributed by atoms with E-state index in [1.165, 1.54) is 4.90 Å². The average Bonchev–Trinajstić information content (AvgIpc) is 2.38. The van der Waals surface area contributed by atoms with Crippen molar-refractivity contribution in [3.05, 3.63) is 23.8 Å². The Bertz CT molecular complexity index is 579. The molecule has 0 bridgehead atoms. The molecule has 1 aromatic rings. The van der Waals surface area contributed by atoms with Crippen LogP contribution in [-0.2, 0) is 9.59 Å². The molecule has 1 amide bonds. The molecular weight excluding hydrogens is 262 g/mol. The maximum Gasteiger partial charge on any atom is 0.305 e. The van der Waals surface area contributed by atoms with Crippen molar-refractivity contribution in [1.29, 1.82) is 0 Å². The number of ether oxygens (including phenoxy) is 1. The topological polar surface area (TPSA) is 83.9 Å². The van der Waals surface area contributed by atoms with Gasteiger partial charge in [-0.05, 0) is 32.0 Å². The molecule has 106 valence electrons. The number of fused-ring (bicyclic) bond motifs is 1. The maximum atomic E-state index is 12.3. The van der Waals surface area contributed by atoms with E-state index >= 15 is 0 Å². The van der Waals surface area contributed by atoms with E-state index in [4.69, 9.17) is 9.84 Å². The van der Waals surface area contributed by atoms with Crippen LogP contribution >= 0.6 is 0 Å². The molecular formula is C14H15NO5. The Kier molecular flexibility index (Phi) is 3.48. The first kappa shape index (κ1) is 14.0. The Morgan fingerprint density at radius 1 is 1.45 bits per heavy atom. The standard InChI is InChI=1S/C14H15NO5/c1-14(2)13(19)15(6-5-12(17)18)10-4-3-9(8-16)7-11(10)20-14/h3-4,7-8H,5-6H2,1-2H3,(H,17,18). The number of aliphatic carboxylic acids is 1. The lowest BCUT2D eigenvalue weighted by Gasteiger charge is -2.38. The minimum absolute atomic E-state index is 0.0639. The molecule has 0 saturated carbocycles. The second kappa shape index (κ2) is 4.96. The van der Waals surface area contributed by atoms with E-state index in [0.717, 1.165) is 0 Å². The molecule has 6 heteroatoms. The number of aldehydes is 1. The summed E-state index contributed by atoms with van der Waals surface area (Å²) in [5.41, 5.74) is -0.166. The zero-order chi connectivity index (χ0) is 14.9. The molecule has 1 aliphatic heterocycles. The number of nitrogens with zero attached hydrogens (tertiary/aromatic N) is 1. The second-order valence-electron chi connectivity index (χ2n) is 5.06. The monoisotopic (exact) mass is 277 g/mol. The van der Waals surface area contributed by atoms with Crippen LogP contribution in [0.15, 0.2) is 18.2 Å². The molecule has 1 aromatic carbocycles. The van der Waals surface area contributed by atoms with E-state index in [9.17, 15) is 14.4 Å². The van der Waals surface area contributed by atoms with Crippen molar-refractivity contribution in [3.63, 3.8) is 0 Å². The van der Waals surface area contributed by atoms with Crippen LogP contribution in [0.1, 0.15) is 30.6 Å². The molecule has 1 N–H and O–H groups in total. The Labute approximate surface area is 115 Å². The van der Waals surface area contributed by atoms with Crippen molar-refractivity contribution in [1.82, 2.24) is 0 Å². The van der Waals surface area contributed by atoms with Gasteiger partial charge < -0.3 is 14.7 Å². The predicted octanol–water partition coefficient (Wildman–Crippen LogP) is 1.48. The van der Waals surface area contributed by atoms with Crippen molar-refractivity contribution in [2.45, 2.75) is 25.9 Å². The highest BCUT2D eigenvalue weighted by Gasteiger charge is 2.40. The molecule has 0 aromatic heterocycles. The summed E-state index contributed by atoms with van der Waals surface area (Å²) in [4.78, 5) is 35.2. The summed E-state index contributed by atoms with van der Waals surface area (Å²) in [6.07, 6.45) is 0.533. The summed E-state index contributed by atoms with van der Waals surface area (Å²) in [6.45, 7) is 3.29. The van der Waals surface area contributed by atoms with Gasteiger partial charge in [0, 0.05) is 12.1 Å². The van der Waals surface area contributed by atoms with Gasteiger partial charge >= 0.3 is 5.97 Å². The summed E-state index contributed by atoms with van der Waals surface area (Å²) >= 11 is 0. The molecule has 0 atom stereocenters. The van der Waals surface area contributed by atoms with E-state index in [-0.39, 0.29) is 18.9 Å². The molecule has 2 rings (SSSR count). The SMILES string of the molecule is CC1(C)Oc2cc(C=O)ccc2N(CCC(=O)O)C1=O. The lowest BCUT2D eigenvalue weighted by Crippen LogP contribution is -2.53. The smallest absolute Gasteiger partial charge is 0.305 e. The van der Waals surface area contributed by atoms with Gasteiger partial charge in [0.2, 0.25) is 0 Å². The summed E-state index contributed by atoms with van der Waals surface area (Å²) in [5, 5.41) is 8.78. The lowest BCUT2D eigenvalue weighted by atomic mass is 10.0. The van der Waals surface area contributed by atoms with Crippen LogP contribution < -0.4 is 9.64 Å². The quantitative estimate of drug-likeness (QED) is 0.843. The summed E-state index contributed by atoms with van der Waals surface area (Å²) in [7, 11) is 0. The van der Waals surface area contributed by atoms with Gasteiger partial charge in [0.05, 0.1) is 12.1 Å². The third-order valence-electron chi connectivity index (χ3n) is 3.09. The maximum absolute atomic E-state index is 12.3. The van der Waals surface area contributed by atoms with Crippen LogP contribution in [-0.4, -0.2) is 35.4 Å². The first-order valence-corrected chi connectivity index (χ1v) is 6.17. The van der Waals surface area contributed by atoms with Crippen LogP contribution in [0.3, 0.4) is 0 Å². The number of benzene rings is 1. The van der Waals surface area contributed by atoms with Crippen molar-refractivity contribution in [2.75, 3.05) is 11.4 Å². The Balaban J connectivity index is 2.43. The number of hydrogen-bond donors (Lipinski definition) is 1. The van der Waals surface area contributed by atoms with E-state index in [1.807, 2.05) is 0 Å². The van der Waals surface area contributed by atoms with E-state index in [1.54, 1.807) is 32.0 Å². The van der Waals surface area contributed by atoms with E-state index in [0.29, 0.717) is 23.3 Å². The van der Waals surface area contributed by atoms with Crippen molar-refractivity contribution in [3.8, 4) is 5.75 Å². The van der Waals surface area contributed by atoms with Gasteiger partial charge in [-0.3, -0.25) is 14.4 Å². The number of rotatable bonds is 4. The molecule has 20 heavy (non-hydrogen) atoms. The Hall–Kier alpha value is -2.37. The highest BCUT2D eigenvalue weighted by molar-refractivity contribution is 6.03. The number of anilines is 1. The zero-order valence-corrected chi connectivity index (χ0v) is 11.3. The van der Waals surface area contributed by atoms with Crippen LogP contribution in [0.2, 0.25) is 0 Å². The van der Waals surface area contributed by atoms with Crippen LogP contribution in [0.5, 0.6) is 5.75 Å². The first-order chi connectivity index (χ1) is 9.35. The van der Waals surface area contributed by atoms with Crippen molar-refractivity contribution in [2.24, 2.45) is 0 Å². The largest absolute Gasteiger partial charge is 0.481 e. The highest BCUT2D eigenvalue weighted by Crippen LogP contribution is 2.38. The average molecular weight is 277 g/mol. The van der Waals surface area contributed by atoms with Gasteiger partial charge in [-0.1, -0.05) is 0 Å². The van der Waals surface area contributed by atoms with Crippen molar-refractivity contribution >= 4 is 23.9 Å². The number of carboxylic acids is 1. The predicted molar refractivity (Wildman–Crippen MR) is 71.1 cm³/mol. The molecule has 1 heterocycles. The number of amides is 1. The molecule has 0 spiro atoms. The summed E-state index contributed by atoms with van der Waals surface area (Å²) < 4.78 is 5.61. The fourth-order valence-electron chi connectivity index (χ4n) is 2.09. The fourth-order valence-corrected chi connectivity index (χ4v) is 2.09. The number of carbonyl (C=O) groups excluding carboxylic acids is 2.